The number of phenols is 1. The van der Waals surface area contributed by atoms with Gasteiger partial charge < -0.3 is 41.9 Å². The first-order chi connectivity index (χ1) is 22.1. The van der Waals surface area contributed by atoms with Gasteiger partial charge in [0.25, 0.3) is 0 Å². The van der Waals surface area contributed by atoms with Crippen LogP contribution in [0.1, 0.15) is 23.6 Å². The molecule has 5 rings (SSSR count). The molecule has 0 fully saturated rings. The van der Waals surface area contributed by atoms with E-state index in [2.05, 4.69) is 25.9 Å². The zero-order valence-corrected chi connectivity index (χ0v) is 25.1. The SMILES string of the molecule is CC(NC(=O)C(Cc1c[nH]c2ccccc12)NC(=O)C(N)Cc1ccc(O)cc1)C(=O)NC(Cc1c[nH]c2ccccc12)C(=O)O. The summed E-state index contributed by atoms with van der Waals surface area (Å²) in [6, 6.07) is 16.8. The van der Waals surface area contributed by atoms with Gasteiger partial charge in [-0.1, -0.05) is 48.5 Å². The summed E-state index contributed by atoms with van der Waals surface area (Å²) in [6.45, 7) is 1.44. The van der Waals surface area contributed by atoms with Gasteiger partial charge in [0.1, 0.15) is 23.9 Å². The number of hydrogen-bond acceptors (Lipinski definition) is 6. The van der Waals surface area contributed by atoms with Crippen LogP contribution in [0.4, 0.5) is 0 Å². The second-order valence-corrected chi connectivity index (χ2v) is 11.3. The predicted molar refractivity (Wildman–Crippen MR) is 173 cm³/mol. The van der Waals surface area contributed by atoms with Crippen LogP contribution in [0.5, 0.6) is 5.75 Å². The van der Waals surface area contributed by atoms with Crippen molar-refractivity contribution in [3.8, 4) is 5.75 Å². The Morgan fingerprint density at radius 2 is 1.22 bits per heavy atom. The smallest absolute Gasteiger partial charge is 0.326 e. The lowest BCUT2D eigenvalue weighted by Gasteiger charge is -2.23. The van der Waals surface area contributed by atoms with Crippen LogP contribution in [0.3, 0.4) is 0 Å². The van der Waals surface area contributed by atoms with Gasteiger partial charge in [-0.25, -0.2) is 4.79 Å². The molecule has 0 bridgehead atoms. The minimum absolute atomic E-state index is 0.0317. The minimum atomic E-state index is -1.24. The van der Waals surface area contributed by atoms with Gasteiger partial charge in [-0.15, -0.1) is 0 Å². The summed E-state index contributed by atoms with van der Waals surface area (Å²) in [6.07, 6.45) is 3.76. The molecule has 238 valence electrons. The average Bonchev–Trinajstić information content (AvgIpc) is 3.65. The first-order valence-electron chi connectivity index (χ1n) is 14.9. The molecule has 4 unspecified atom stereocenters. The third kappa shape index (κ3) is 7.53. The molecule has 4 atom stereocenters. The van der Waals surface area contributed by atoms with Gasteiger partial charge in [0.05, 0.1) is 6.04 Å². The quantitative estimate of drug-likeness (QED) is 0.0981. The number of aromatic nitrogens is 2. The Bertz CT molecular complexity index is 1860. The van der Waals surface area contributed by atoms with Crippen molar-refractivity contribution < 1.29 is 29.4 Å². The molecule has 3 amide bonds. The fourth-order valence-corrected chi connectivity index (χ4v) is 5.38. The second kappa shape index (κ2) is 14.0. The molecular formula is C34H36N6O6. The number of carboxylic acids is 1. The molecule has 2 aromatic heterocycles. The van der Waals surface area contributed by atoms with Crippen LogP contribution in [-0.2, 0) is 38.4 Å². The lowest BCUT2D eigenvalue weighted by molar-refractivity contribution is -0.142. The molecule has 46 heavy (non-hydrogen) atoms. The minimum Gasteiger partial charge on any atom is -0.508 e. The fraction of sp³-hybridized carbons (Fsp3) is 0.235. The number of nitrogens with two attached hydrogens (primary N) is 1. The Morgan fingerprint density at radius 3 is 1.78 bits per heavy atom. The highest BCUT2D eigenvalue weighted by Crippen LogP contribution is 2.21. The number of carbonyl (C=O) groups excluding carboxylic acids is 3. The molecular weight excluding hydrogens is 588 g/mol. The standard InChI is InChI=1S/C34H36N6O6/c1-19(31(42)40-30(34(45)46)16-22-18-37-28-9-5-3-7-25(22)28)38-33(44)29(15-21-17-36-27-8-4-2-6-24(21)27)39-32(43)26(35)14-20-10-12-23(41)13-11-20/h2-13,17-19,26,29-30,36-37,41H,14-16,35H2,1H3,(H,38,44)(H,39,43)(H,40,42)(H,45,46). The molecule has 5 aromatic rings. The van der Waals surface area contributed by atoms with E-state index in [4.69, 9.17) is 5.73 Å². The number of fused-ring (bicyclic) bond motifs is 2. The molecule has 2 heterocycles. The van der Waals surface area contributed by atoms with E-state index in [1.807, 2.05) is 48.5 Å². The van der Waals surface area contributed by atoms with Crippen LogP contribution in [0.2, 0.25) is 0 Å². The van der Waals surface area contributed by atoms with Gasteiger partial charge in [-0.05, 0) is 54.3 Å². The first-order valence-corrected chi connectivity index (χ1v) is 14.9. The number of hydrogen-bond donors (Lipinski definition) is 8. The number of rotatable bonds is 13. The molecule has 0 aliphatic carbocycles. The number of aromatic hydroxyl groups is 1. The van der Waals surface area contributed by atoms with Crippen molar-refractivity contribution in [3.63, 3.8) is 0 Å². The fourth-order valence-electron chi connectivity index (χ4n) is 5.38. The van der Waals surface area contributed by atoms with Gasteiger partial charge in [-0.3, -0.25) is 14.4 Å². The maximum atomic E-state index is 13.6. The average molecular weight is 625 g/mol. The summed E-state index contributed by atoms with van der Waals surface area (Å²) in [5.41, 5.74) is 10.1. The Hall–Kier alpha value is -5.62. The largest absolute Gasteiger partial charge is 0.508 e. The number of nitrogens with one attached hydrogen (secondary N) is 5. The number of aliphatic carboxylic acids is 1. The van der Waals surface area contributed by atoms with Crippen LogP contribution in [0, 0.1) is 0 Å². The van der Waals surface area contributed by atoms with E-state index in [-0.39, 0.29) is 25.0 Å². The van der Waals surface area contributed by atoms with Crippen LogP contribution in [0.15, 0.2) is 85.2 Å². The van der Waals surface area contributed by atoms with Crippen molar-refractivity contribution in [2.45, 2.75) is 50.4 Å². The van der Waals surface area contributed by atoms with Crippen molar-refractivity contribution in [2.24, 2.45) is 5.73 Å². The Kier molecular flexibility index (Phi) is 9.67. The summed E-state index contributed by atoms with van der Waals surface area (Å²) in [5, 5.41) is 29.0. The lowest BCUT2D eigenvalue weighted by atomic mass is 10.0. The molecule has 9 N–H and O–H groups in total. The maximum Gasteiger partial charge on any atom is 0.326 e. The Balaban J connectivity index is 1.28. The highest BCUT2D eigenvalue weighted by molar-refractivity contribution is 5.95. The van der Waals surface area contributed by atoms with E-state index in [1.54, 1.807) is 24.5 Å². The van der Waals surface area contributed by atoms with E-state index in [0.29, 0.717) is 0 Å². The number of carbonyl (C=O) groups is 4. The maximum absolute atomic E-state index is 13.6. The molecule has 0 radical (unpaired) electrons. The molecule has 0 spiro atoms. The van der Waals surface area contributed by atoms with Crippen molar-refractivity contribution in [3.05, 3.63) is 102 Å². The molecule has 12 heteroatoms. The number of para-hydroxylation sites is 2. The number of phenolic OH excluding ortho intramolecular Hbond substituents is 1. The summed E-state index contributed by atoms with van der Waals surface area (Å²) < 4.78 is 0. The summed E-state index contributed by atoms with van der Waals surface area (Å²) >= 11 is 0. The van der Waals surface area contributed by atoms with Crippen LogP contribution >= 0.6 is 0 Å². The van der Waals surface area contributed by atoms with Gasteiger partial charge >= 0.3 is 5.97 Å². The van der Waals surface area contributed by atoms with Gasteiger partial charge in [0.2, 0.25) is 17.7 Å². The summed E-state index contributed by atoms with van der Waals surface area (Å²) in [5.74, 6) is -3.04. The van der Waals surface area contributed by atoms with Crippen molar-refractivity contribution in [1.82, 2.24) is 25.9 Å². The Labute approximate surface area is 264 Å². The summed E-state index contributed by atoms with van der Waals surface area (Å²) in [7, 11) is 0. The van der Waals surface area contributed by atoms with Gasteiger partial charge in [0.15, 0.2) is 0 Å². The van der Waals surface area contributed by atoms with E-state index in [1.165, 1.54) is 19.1 Å². The van der Waals surface area contributed by atoms with Gasteiger partial charge in [0, 0.05) is 47.0 Å². The molecule has 0 saturated heterocycles. The van der Waals surface area contributed by atoms with Crippen molar-refractivity contribution in [1.29, 1.82) is 0 Å². The van der Waals surface area contributed by atoms with Crippen LogP contribution < -0.4 is 21.7 Å². The molecule has 0 aliphatic heterocycles. The molecule has 3 aromatic carbocycles. The van der Waals surface area contributed by atoms with Crippen molar-refractivity contribution in [2.75, 3.05) is 0 Å². The number of carboxylic acid groups (broad SMARTS) is 1. The second-order valence-electron chi connectivity index (χ2n) is 11.3. The topological polar surface area (TPSA) is 202 Å². The Morgan fingerprint density at radius 1 is 0.696 bits per heavy atom. The van der Waals surface area contributed by atoms with E-state index in [9.17, 15) is 29.4 Å². The van der Waals surface area contributed by atoms with Crippen LogP contribution in [0.25, 0.3) is 21.8 Å². The normalized spacial score (nSPS) is 13.9. The van der Waals surface area contributed by atoms with E-state index >= 15 is 0 Å². The third-order valence-corrected chi connectivity index (χ3v) is 7.93. The number of H-pyrrole nitrogens is 2. The highest BCUT2D eigenvalue weighted by Gasteiger charge is 2.29. The first kappa shape index (κ1) is 31.8. The molecule has 12 nitrogen and oxygen atoms in total. The lowest BCUT2D eigenvalue weighted by Crippen LogP contribution is -2.57. The molecule has 0 saturated carbocycles. The van der Waals surface area contributed by atoms with Gasteiger partial charge in [-0.2, -0.15) is 0 Å². The monoisotopic (exact) mass is 624 g/mol. The van der Waals surface area contributed by atoms with Crippen LogP contribution in [-0.4, -0.2) is 68.0 Å². The summed E-state index contributed by atoms with van der Waals surface area (Å²) in [4.78, 5) is 58.2. The predicted octanol–water partition coefficient (Wildman–Crippen LogP) is 2.27. The van der Waals surface area contributed by atoms with E-state index in [0.717, 1.165) is 38.5 Å². The zero-order valence-electron chi connectivity index (χ0n) is 25.1. The number of benzene rings is 3. The highest BCUT2D eigenvalue weighted by atomic mass is 16.4. The number of aromatic amines is 2. The zero-order chi connectivity index (χ0) is 32.8. The van der Waals surface area contributed by atoms with E-state index < -0.39 is 47.9 Å². The van der Waals surface area contributed by atoms with Crippen molar-refractivity contribution >= 4 is 45.5 Å². The third-order valence-electron chi connectivity index (χ3n) is 7.93. The number of amides is 3. The molecule has 0 aliphatic rings.